The van der Waals surface area contributed by atoms with Crippen molar-refractivity contribution in [1.82, 2.24) is 0 Å². The lowest BCUT2D eigenvalue weighted by Crippen LogP contribution is -2.28. The molecule has 0 heterocycles. The van der Waals surface area contributed by atoms with E-state index in [0.717, 1.165) is 13.0 Å². The van der Waals surface area contributed by atoms with Gasteiger partial charge in [-0.3, -0.25) is 0 Å². The first-order valence-electron chi connectivity index (χ1n) is 3.81. The molecule has 0 aliphatic heterocycles. The molecule has 0 aliphatic rings. The van der Waals surface area contributed by atoms with Crippen molar-refractivity contribution in [2.24, 2.45) is 5.73 Å². The van der Waals surface area contributed by atoms with E-state index < -0.39 is 8.32 Å². The SMILES string of the molecule is C[C@@H](N)CCO[Si](C)(C)C. The number of hydrogen-bond donors (Lipinski definition) is 1. The molecule has 0 spiro atoms. The predicted octanol–water partition coefficient (Wildman–Crippen LogP) is 1.58. The van der Waals surface area contributed by atoms with Crippen LogP contribution in [-0.4, -0.2) is 21.0 Å². The Morgan fingerprint density at radius 3 is 2.20 bits per heavy atom. The molecule has 0 radical (unpaired) electrons. The van der Waals surface area contributed by atoms with Crippen LogP contribution in [0.5, 0.6) is 0 Å². The summed E-state index contributed by atoms with van der Waals surface area (Å²) in [7, 11) is -1.28. The summed E-state index contributed by atoms with van der Waals surface area (Å²) in [6.07, 6.45) is 0.976. The minimum atomic E-state index is -1.28. The Morgan fingerprint density at radius 1 is 1.40 bits per heavy atom. The van der Waals surface area contributed by atoms with Gasteiger partial charge in [-0.2, -0.15) is 0 Å². The summed E-state index contributed by atoms with van der Waals surface area (Å²) in [5, 5.41) is 0. The van der Waals surface area contributed by atoms with Crippen molar-refractivity contribution in [2.75, 3.05) is 6.61 Å². The Kier molecular flexibility index (Phi) is 4.16. The third kappa shape index (κ3) is 8.14. The zero-order valence-corrected chi connectivity index (χ0v) is 8.48. The van der Waals surface area contributed by atoms with E-state index in [0.29, 0.717) is 0 Å². The van der Waals surface area contributed by atoms with E-state index in [1.807, 2.05) is 6.92 Å². The summed E-state index contributed by atoms with van der Waals surface area (Å²) in [6, 6.07) is 0.274. The van der Waals surface area contributed by atoms with Crippen LogP contribution in [0.3, 0.4) is 0 Å². The largest absolute Gasteiger partial charge is 0.418 e. The van der Waals surface area contributed by atoms with Gasteiger partial charge in [0.25, 0.3) is 0 Å². The van der Waals surface area contributed by atoms with Crippen molar-refractivity contribution in [3.63, 3.8) is 0 Å². The Hall–Kier alpha value is 0.137. The monoisotopic (exact) mass is 161 g/mol. The van der Waals surface area contributed by atoms with Crippen molar-refractivity contribution >= 4 is 8.32 Å². The number of hydrogen-bond acceptors (Lipinski definition) is 2. The van der Waals surface area contributed by atoms with Gasteiger partial charge in [-0.05, 0) is 33.0 Å². The molecule has 0 aliphatic carbocycles. The minimum absolute atomic E-state index is 0.274. The molecular formula is C7H19NOSi. The molecule has 2 nitrogen and oxygen atoms in total. The maximum atomic E-state index is 5.60. The van der Waals surface area contributed by atoms with E-state index in [9.17, 15) is 0 Å². The zero-order valence-electron chi connectivity index (χ0n) is 7.48. The molecule has 0 aromatic carbocycles. The highest BCUT2D eigenvalue weighted by atomic mass is 28.4. The van der Waals surface area contributed by atoms with Gasteiger partial charge in [0.15, 0.2) is 8.32 Å². The normalized spacial score (nSPS) is 15.3. The summed E-state index contributed by atoms with van der Waals surface area (Å²) < 4.78 is 5.60. The van der Waals surface area contributed by atoms with Gasteiger partial charge in [-0.1, -0.05) is 0 Å². The van der Waals surface area contributed by atoms with Crippen molar-refractivity contribution in [2.45, 2.75) is 39.0 Å². The first-order chi connectivity index (χ1) is 4.42. The topological polar surface area (TPSA) is 35.2 Å². The van der Waals surface area contributed by atoms with Crippen LogP contribution in [0, 0.1) is 0 Å². The molecule has 1 atom stereocenters. The standard InChI is InChI=1S/C7H19NOSi/c1-7(8)5-6-9-10(2,3)4/h7H,5-6,8H2,1-4H3/t7-/m1/s1. The Bertz CT molecular complexity index is 88.1. The predicted molar refractivity (Wildman–Crippen MR) is 47.6 cm³/mol. The van der Waals surface area contributed by atoms with Crippen molar-refractivity contribution in [3.8, 4) is 0 Å². The summed E-state index contributed by atoms with van der Waals surface area (Å²) in [5.41, 5.74) is 5.56. The molecule has 3 heteroatoms. The van der Waals surface area contributed by atoms with E-state index in [1.54, 1.807) is 0 Å². The van der Waals surface area contributed by atoms with Crippen LogP contribution in [0.15, 0.2) is 0 Å². The maximum absolute atomic E-state index is 5.60. The fourth-order valence-electron chi connectivity index (χ4n) is 0.551. The van der Waals surface area contributed by atoms with E-state index in [1.165, 1.54) is 0 Å². The smallest absolute Gasteiger partial charge is 0.183 e. The fourth-order valence-corrected chi connectivity index (χ4v) is 1.28. The second kappa shape index (κ2) is 4.11. The van der Waals surface area contributed by atoms with Crippen LogP contribution < -0.4 is 5.73 Å². The van der Waals surface area contributed by atoms with E-state index >= 15 is 0 Å². The first kappa shape index (κ1) is 10.1. The summed E-state index contributed by atoms with van der Waals surface area (Å²) in [4.78, 5) is 0. The molecule has 0 amide bonds. The number of rotatable bonds is 4. The number of nitrogens with two attached hydrogens (primary N) is 1. The van der Waals surface area contributed by atoms with Gasteiger partial charge >= 0.3 is 0 Å². The Balaban J connectivity index is 3.21. The molecule has 0 aromatic heterocycles. The van der Waals surface area contributed by atoms with E-state index in [-0.39, 0.29) is 6.04 Å². The second-order valence-corrected chi connectivity index (χ2v) is 8.24. The van der Waals surface area contributed by atoms with Gasteiger partial charge < -0.3 is 10.2 Å². The fraction of sp³-hybridized carbons (Fsp3) is 1.00. The molecule has 0 bridgehead atoms. The molecule has 0 fully saturated rings. The van der Waals surface area contributed by atoms with Crippen LogP contribution >= 0.6 is 0 Å². The highest BCUT2D eigenvalue weighted by molar-refractivity contribution is 6.69. The van der Waals surface area contributed by atoms with Crippen molar-refractivity contribution in [3.05, 3.63) is 0 Å². The van der Waals surface area contributed by atoms with Crippen molar-refractivity contribution in [1.29, 1.82) is 0 Å². The van der Waals surface area contributed by atoms with Gasteiger partial charge in [-0.15, -0.1) is 0 Å². The summed E-state index contributed by atoms with van der Waals surface area (Å²) in [5.74, 6) is 0. The van der Waals surface area contributed by atoms with Gasteiger partial charge in [-0.25, -0.2) is 0 Å². The van der Waals surface area contributed by atoms with Crippen LogP contribution in [0.4, 0.5) is 0 Å². The van der Waals surface area contributed by atoms with Gasteiger partial charge in [0.1, 0.15) is 0 Å². The minimum Gasteiger partial charge on any atom is -0.418 e. The highest BCUT2D eigenvalue weighted by Crippen LogP contribution is 2.03. The van der Waals surface area contributed by atoms with Gasteiger partial charge in [0, 0.05) is 12.6 Å². The highest BCUT2D eigenvalue weighted by Gasteiger charge is 2.13. The second-order valence-electron chi connectivity index (χ2n) is 3.73. The van der Waals surface area contributed by atoms with E-state index in [2.05, 4.69) is 19.6 Å². The molecule has 10 heavy (non-hydrogen) atoms. The van der Waals surface area contributed by atoms with Crippen molar-refractivity contribution < 1.29 is 4.43 Å². The summed E-state index contributed by atoms with van der Waals surface area (Å²) in [6.45, 7) is 9.40. The van der Waals surface area contributed by atoms with Gasteiger partial charge in [0.2, 0.25) is 0 Å². The lowest BCUT2D eigenvalue weighted by atomic mass is 10.3. The molecule has 0 aromatic rings. The molecule has 0 unspecified atom stereocenters. The average molecular weight is 161 g/mol. The summed E-state index contributed by atoms with van der Waals surface area (Å²) >= 11 is 0. The molecule has 2 N–H and O–H groups in total. The average Bonchev–Trinajstić information content (AvgIpc) is 1.59. The molecule has 0 saturated heterocycles. The lowest BCUT2D eigenvalue weighted by Gasteiger charge is -2.17. The third-order valence-electron chi connectivity index (χ3n) is 1.11. The van der Waals surface area contributed by atoms with Crippen LogP contribution in [-0.2, 0) is 4.43 Å². The Labute approximate surface area is 64.9 Å². The first-order valence-corrected chi connectivity index (χ1v) is 7.22. The Morgan fingerprint density at radius 2 is 1.90 bits per heavy atom. The van der Waals surface area contributed by atoms with E-state index in [4.69, 9.17) is 10.2 Å². The van der Waals surface area contributed by atoms with Crippen LogP contribution in [0.2, 0.25) is 19.6 Å². The zero-order chi connectivity index (χ0) is 8.20. The van der Waals surface area contributed by atoms with Gasteiger partial charge in [0.05, 0.1) is 0 Å². The van der Waals surface area contributed by atoms with Crippen LogP contribution in [0.25, 0.3) is 0 Å². The molecule has 62 valence electrons. The van der Waals surface area contributed by atoms with Crippen LogP contribution in [0.1, 0.15) is 13.3 Å². The third-order valence-corrected chi connectivity index (χ3v) is 2.18. The molecular weight excluding hydrogens is 142 g/mol. The lowest BCUT2D eigenvalue weighted by molar-refractivity contribution is 0.295. The molecule has 0 rings (SSSR count). The maximum Gasteiger partial charge on any atom is 0.183 e. The quantitative estimate of drug-likeness (QED) is 0.635. The molecule has 0 saturated carbocycles.